The molecule has 0 radical (unpaired) electrons. The number of benzene rings is 1. The van der Waals surface area contributed by atoms with Crippen molar-refractivity contribution in [3.8, 4) is 5.88 Å². The lowest BCUT2D eigenvalue weighted by atomic mass is 10.2. The Bertz CT molecular complexity index is 730. The number of pyridine rings is 1. The van der Waals surface area contributed by atoms with Gasteiger partial charge in [-0.2, -0.15) is 0 Å². The molecule has 0 fully saturated rings. The Morgan fingerprint density at radius 2 is 1.88 bits per heavy atom. The number of nitrogens with zero attached hydrogens (tertiary/aromatic N) is 2. The topological polar surface area (TPSA) is 71.5 Å². The van der Waals surface area contributed by atoms with Gasteiger partial charge < -0.3 is 15.0 Å². The molecule has 1 aromatic heterocycles. The third-order valence-electron chi connectivity index (χ3n) is 3.15. The van der Waals surface area contributed by atoms with Gasteiger partial charge in [-0.3, -0.25) is 9.59 Å². The molecule has 0 aliphatic rings. The van der Waals surface area contributed by atoms with E-state index in [4.69, 9.17) is 27.9 Å². The van der Waals surface area contributed by atoms with Crippen LogP contribution in [0.25, 0.3) is 0 Å². The summed E-state index contributed by atoms with van der Waals surface area (Å²) in [6.45, 7) is -0.160. The highest BCUT2D eigenvalue weighted by Gasteiger charge is 2.17. The van der Waals surface area contributed by atoms with Crippen LogP contribution < -0.4 is 10.1 Å². The zero-order valence-electron chi connectivity index (χ0n) is 13.0. The Hall–Kier alpha value is -2.31. The van der Waals surface area contributed by atoms with Crippen LogP contribution in [0.1, 0.15) is 10.4 Å². The standard InChI is InChI=1S/C16H15Cl2N3O3/c1-21(16(23)10-6-7-14(24-2)19-8-10)9-13(22)20-15-11(17)4-3-5-12(15)18/h3-8H,9H2,1-2H3,(H,20,22). The molecule has 0 saturated heterocycles. The Morgan fingerprint density at radius 3 is 2.42 bits per heavy atom. The van der Waals surface area contributed by atoms with E-state index in [1.165, 1.54) is 25.3 Å². The van der Waals surface area contributed by atoms with Gasteiger partial charge in [-0.05, 0) is 18.2 Å². The van der Waals surface area contributed by atoms with E-state index in [0.29, 0.717) is 27.2 Å². The number of hydrogen-bond acceptors (Lipinski definition) is 4. The lowest BCUT2D eigenvalue weighted by Gasteiger charge is -2.17. The SMILES string of the molecule is COc1ccc(C(=O)N(C)CC(=O)Nc2c(Cl)cccc2Cl)cn1. The Balaban J connectivity index is 2.01. The number of likely N-dealkylation sites (N-methyl/N-ethyl adjacent to an activating group) is 1. The van der Waals surface area contributed by atoms with Crippen molar-refractivity contribution in [3.05, 3.63) is 52.1 Å². The number of carbonyl (C=O) groups excluding carboxylic acids is 2. The van der Waals surface area contributed by atoms with Crippen LogP contribution in [-0.2, 0) is 4.79 Å². The van der Waals surface area contributed by atoms with Gasteiger partial charge >= 0.3 is 0 Å². The molecule has 1 aromatic carbocycles. The molecule has 0 unspecified atom stereocenters. The summed E-state index contributed by atoms with van der Waals surface area (Å²) >= 11 is 12.0. The van der Waals surface area contributed by atoms with Crippen LogP contribution in [0.2, 0.25) is 10.0 Å². The Morgan fingerprint density at radius 1 is 1.21 bits per heavy atom. The fourth-order valence-corrected chi connectivity index (χ4v) is 2.42. The first-order chi connectivity index (χ1) is 11.4. The summed E-state index contributed by atoms with van der Waals surface area (Å²) < 4.78 is 4.94. The molecule has 2 rings (SSSR count). The molecular formula is C16H15Cl2N3O3. The van der Waals surface area contributed by atoms with Crippen molar-refractivity contribution in [2.24, 2.45) is 0 Å². The van der Waals surface area contributed by atoms with Crippen molar-refractivity contribution < 1.29 is 14.3 Å². The fraction of sp³-hybridized carbons (Fsp3) is 0.188. The van der Waals surface area contributed by atoms with Crippen molar-refractivity contribution in [1.82, 2.24) is 9.88 Å². The third kappa shape index (κ3) is 4.37. The van der Waals surface area contributed by atoms with Crippen LogP contribution in [-0.4, -0.2) is 42.4 Å². The summed E-state index contributed by atoms with van der Waals surface area (Å²) in [4.78, 5) is 29.6. The monoisotopic (exact) mass is 367 g/mol. The number of halogens is 2. The molecule has 8 heteroatoms. The minimum atomic E-state index is -0.415. The zero-order valence-corrected chi connectivity index (χ0v) is 14.6. The average Bonchev–Trinajstić information content (AvgIpc) is 2.57. The average molecular weight is 368 g/mol. The summed E-state index contributed by atoms with van der Waals surface area (Å²) in [5.74, 6) is -0.354. The highest BCUT2D eigenvalue weighted by atomic mass is 35.5. The molecule has 1 N–H and O–H groups in total. The highest BCUT2D eigenvalue weighted by Crippen LogP contribution is 2.29. The summed E-state index contributed by atoms with van der Waals surface area (Å²) in [5.41, 5.74) is 0.666. The highest BCUT2D eigenvalue weighted by molar-refractivity contribution is 6.39. The second-order valence-corrected chi connectivity index (χ2v) is 5.71. The first kappa shape index (κ1) is 18.0. The third-order valence-corrected chi connectivity index (χ3v) is 3.78. The quantitative estimate of drug-likeness (QED) is 0.880. The van der Waals surface area contributed by atoms with Gasteiger partial charge in [-0.1, -0.05) is 29.3 Å². The molecule has 0 spiro atoms. The Kier molecular flexibility index (Phi) is 6.00. The van der Waals surface area contributed by atoms with E-state index in [0.717, 1.165) is 0 Å². The number of hydrogen-bond donors (Lipinski definition) is 1. The maximum absolute atomic E-state index is 12.3. The van der Waals surface area contributed by atoms with E-state index in [9.17, 15) is 9.59 Å². The number of nitrogens with one attached hydrogen (secondary N) is 1. The minimum absolute atomic E-state index is 0.160. The maximum atomic E-state index is 12.3. The van der Waals surface area contributed by atoms with Crippen LogP contribution in [0.4, 0.5) is 5.69 Å². The van der Waals surface area contributed by atoms with E-state index < -0.39 is 5.91 Å². The number of methoxy groups -OCH3 is 1. The van der Waals surface area contributed by atoms with E-state index in [1.54, 1.807) is 30.3 Å². The first-order valence-electron chi connectivity index (χ1n) is 6.91. The van der Waals surface area contributed by atoms with Crippen LogP contribution >= 0.6 is 23.2 Å². The molecule has 0 atom stereocenters. The van der Waals surface area contributed by atoms with E-state index in [2.05, 4.69) is 10.3 Å². The largest absolute Gasteiger partial charge is 0.481 e. The van der Waals surface area contributed by atoms with Gasteiger partial charge in [0.1, 0.15) is 0 Å². The number of carbonyl (C=O) groups is 2. The Labute approximate surface area is 149 Å². The van der Waals surface area contributed by atoms with Gasteiger partial charge in [0.2, 0.25) is 11.8 Å². The number of amides is 2. The van der Waals surface area contributed by atoms with Gasteiger partial charge in [0.05, 0.1) is 35.0 Å². The number of anilines is 1. The van der Waals surface area contributed by atoms with Crippen molar-refractivity contribution >= 4 is 40.7 Å². The molecule has 24 heavy (non-hydrogen) atoms. The van der Waals surface area contributed by atoms with Crippen LogP contribution in [0, 0.1) is 0 Å². The van der Waals surface area contributed by atoms with E-state index >= 15 is 0 Å². The summed E-state index contributed by atoms with van der Waals surface area (Å²) in [6.07, 6.45) is 1.39. The zero-order chi connectivity index (χ0) is 17.7. The minimum Gasteiger partial charge on any atom is -0.481 e. The molecule has 2 aromatic rings. The normalized spacial score (nSPS) is 10.2. The molecule has 126 valence electrons. The van der Waals surface area contributed by atoms with Crippen LogP contribution in [0.3, 0.4) is 0 Å². The predicted octanol–water partition coefficient (Wildman–Crippen LogP) is 3.11. The fourth-order valence-electron chi connectivity index (χ4n) is 1.93. The van der Waals surface area contributed by atoms with Gasteiger partial charge in [0, 0.05) is 19.3 Å². The van der Waals surface area contributed by atoms with Crippen LogP contribution in [0.15, 0.2) is 36.5 Å². The van der Waals surface area contributed by atoms with Gasteiger partial charge in [0.25, 0.3) is 5.91 Å². The molecule has 0 aliphatic heterocycles. The molecule has 0 saturated carbocycles. The van der Waals surface area contributed by atoms with Crippen molar-refractivity contribution in [2.75, 3.05) is 26.0 Å². The second-order valence-electron chi connectivity index (χ2n) is 4.90. The number of ether oxygens (including phenoxy) is 1. The number of aromatic nitrogens is 1. The molecular weight excluding hydrogens is 353 g/mol. The maximum Gasteiger partial charge on any atom is 0.255 e. The molecule has 0 aliphatic carbocycles. The van der Waals surface area contributed by atoms with Crippen molar-refractivity contribution in [3.63, 3.8) is 0 Å². The number of para-hydroxylation sites is 1. The van der Waals surface area contributed by atoms with Gasteiger partial charge in [-0.15, -0.1) is 0 Å². The molecule has 1 heterocycles. The summed E-state index contributed by atoms with van der Waals surface area (Å²) in [6, 6.07) is 8.05. The lowest BCUT2D eigenvalue weighted by molar-refractivity contribution is -0.116. The molecule has 0 bridgehead atoms. The lowest BCUT2D eigenvalue weighted by Crippen LogP contribution is -2.35. The predicted molar refractivity (Wildman–Crippen MR) is 92.8 cm³/mol. The first-order valence-corrected chi connectivity index (χ1v) is 7.67. The van der Waals surface area contributed by atoms with Gasteiger partial charge in [0.15, 0.2) is 0 Å². The van der Waals surface area contributed by atoms with E-state index in [1.807, 2.05) is 0 Å². The summed E-state index contributed by atoms with van der Waals surface area (Å²) in [5, 5.41) is 3.25. The van der Waals surface area contributed by atoms with Gasteiger partial charge in [-0.25, -0.2) is 4.98 Å². The molecule has 6 nitrogen and oxygen atoms in total. The smallest absolute Gasteiger partial charge is 0.255 e. The number of rotatable bonds is 5. The van der Waals surface area contributed by atoms with Crippen molar-refractivity contribution in [1.29, 1.82) is 0 Å². The van der Waals surface area contributed by atoms with Crippen LogP contribution in [0.5, 0.6) is 5.88 Å². The molecule has 2 amide bonds. The van der Waals surface area contributed by atoms with E-state index in [-0.39, 0.29) is 12.5 Å². The van der Waals surface area contributed by atoms with Crippen molar-refractivity contribution in [2.45, 2.75) is 0 Å². The second kappa shape index (κ2) is 7.99. The summed E-state index contributed by atoms with van der Waals surface area (Å²) in [7, 11) is 3.00.